The fourth-order valence-electron chi connectivity index (χ4n) is 1.52. The molecule has 0 aliphatic rings. The molecule has 84 valence electrons. The smallest absolute Gasteiger partial charge is 0.121 e. The lowest BCUT2D eigenvalue weighted by molar-refractivity contribution is 0.414. The molecule has 0 saturated carbocycles. The van der Waals surface area contributed by atoms with Gasteiger partial charge in [0.05, 0.1) is 13.3 Å². The van der Waals surface area contributed by atoms with E-state index < -0.39 is 0 Å². The highest BCUT2D eigenvalue weighted by molar-refractivity contribution is 5.33. The van der Waals surface area contributed by atoms with E-state index >= 15 is 0 Å². The number of nitrogens with one attached hydrogen (secondary N) is 2. The average molecular weight is 217 g/mol. The lowest BCUT2D eigenvalue weighted by Gasteiger charge is -2.05. The molecule has 0 bridgehead atoms. The predicted molar refractivity (Wildman–Crippen MR) is 63.8 cm³/mol. The third-order valence-electron chi connectivity index (χ3n) is 2.36. The van der Waals surface area contributed by atoms with E-state index in [1.165, 1.54) is 5.56 Å². The topological polar surface area (TPSA) is 49.9 Å². The molecule has 2 N–H and O–H groups in total. The van der Waals surface area contributed by atoms with Gasteiger partial charge in [-0.2, -0.15) is 5.10 Å². The molecule has 4 heteroatoms. The summed E-state index contributed by atoms with van der Waals surface area (Å²) < 4.78 is 5.17. The van der Waals surface area contributed by atoms with Crippen molar-refractivity contribution in [3.05, 3.63) is 42.1 Å². The molecule has 0 amide bonds. The van der Waals surface area contributed by atoms with Crippen LogP contribution in [0.2, 0.25) is 0 Å². The Morgan fingerprint density at radius 3 is 3.06 bits per heavy atom. The standard InChI is InChI=1S/C12H15N3O/c1-16-11-4-2-3-10(9-11)5-7-13-12-6-8-14-15-12/h2-4,6,8-9H,5,7H2,1H3,(H2,13,14,15). The van der Waals surface area contributed by atoms with E-state index in [4.69, 9.17) is 4.74 Å². The Labute approximate surface area is 94.6 Å². The van der Waals surface area contributed by atoms with Crippen LogP contribution in [-0.4, -0.2) is 23.9 Å². The fourth-order valence-corrected chi connectivity index (χ4v) is 1.52. The minimum Gasteiger partial charge on any atom is -0.497 e. The zero-order valence-electron chi connectivity index (χ0n) is 9.23. The molecule has 2 rings (SSSR count). The van der Waals surface area contributed by atoms with Crippen molar-refractivity contribution in [1.29, 1.82) is 0 Å². The summed E-state index contributed by atoms with van der Waals surface area (Å²) in [6.45, 7) is 0.870. The first-order valence-corrected chi connectivity index (χ1v) is 5.24. The summed E-state index contributed by atoms with van der Waals surface area (Å²) in [4.78, 5) is 0. The largest absolute Gasteiger partial charge is 0.497 e. The van der Waals surface area contributed by atoms with Crippen molar-refractivity contribution in [2.75, 3.05) is 19.0 Å². The lowest BCUT2D eigenvalue weighted by Crippen LogP contribution is -2.05. The van der Waals surface area contributed by atoms with Gasteiger partial charge in [0.25, 0.3) is 0 Å². The molecule has 0 fully saturated rings. The molecule has 16 heavy (non-hydrogen) atoms. The maximum absolute atomic E-state index is 5.17. The molecular formula is C12H15N3O. The quantitative estimate of drug-likeness (QED) is 0.806. The summed E-state index contributed by atoms with van der Waals surface area (Å²) in [7, 11) is 1.68. The van der Waals surface area contributed by atoms with Crippen LogP contribution in [0.5, 0.6) is 5.75 Å². The van der Waals surface area contributed by atoms with Crippen LogP contribution in [0.25, 0.3) is 0 Å². The lowest BCUT2D eigenvalue weighted by atomic mass is 10.1. The number of hydrogen-bond acceptors (Lipinski definition) is 3. The molecule has 4 nitrogen and oxygen atoms in total. The number of benzene rings is 1. The Morgan fingerprint density at radius 2 is 2.31 bits per heavy atom. The molecule has 0 aliphatic heterocycles. The van der Waals surface area contributed by atoms with Crippen LogP contribution in [0.4, 0.5) is 5.82 Å². The SMILES string of the molecule is COc1cccc(CCNc2ccn[nH]2)c1. The molecule has 0 radical (unpaired) electrons. The Morgan fingerprint density at radius 1 is 1.38 bits per heavy atom. The van der Waals surface area contributed by atoms with Crippen molar-refractivity contribution in [2.45, 2.75) is 6.42 Å². The first-order chi connectivity index (χ1) is 7.88. The average Bonchev–Trinajstić information content (AvgIpc) is 2.82. The van der Waals surface area contributed by atoms with Crippen LogP contribution in [0.1, 0.15) is 5.56 Å². The van der Waals surface area contributed by atoms with E-state index in [0.717, 1.165) is 24.5 Å². The highest BCUT2D eigenvalue weighted by Gasteiger charge is 1.96. The molecule has 1 aromatic heterocycles. The van der Waals surface area contributed by atoms with Crippen molar-refractivity contribution in [1.82, 2.24) is 10.2 Å². The third kappa shape index (κ3) is 2.76. The minimum absolute atomic E-state index is 0.870. The maximum atomic E-state index is 5.17. The van der Waals surface area contributed by atoms with Crippen LogP contribution in [0, 0.1) is 0 Å². The first kappa shape index (κ1) is 10.5. The van der Waals surface area contributed by atoms with Crippen LogP contribution < -0.4 is 10.1 Å². The minimum atomic E-state index is 0.870. The maximum Gasteiger partial charge on any atom is 0.121 e. The van der Waals surface area contributed by atoms with E-state index in [-0.39, 0.29) is 0 Å². The number of H-pyrrole nitrogens is 1. The van der Waals surface area contributed by atoms with Crippen molar-refractivity contribution < 1.29 is 4.74 Å². The molecule has 2 aromatic rings. The number of anilines is 1. The zero-order valence-corrected chi connectivity index (χ0v) is 9.23. The molecule has 0 spiro atoms. The van der Waals surface area contributed by atoms with Gasteiger partial charge in [-0.1, -0.05) is 12.1 Å². The van der Waals surface area contributed by atoms with Crippen LogP contribution in [-0.2, 0) is 6.42 Å². The van der Waals surface area contributed by atoms with E-state index in [0.29, 0.717) is 0 Å². The second-order valence-electron chi connectivity index (χ2n) is 3.50. The van der Waals surface area contributed by atoms with Gasteiger partial charge in [0.15, 0.2) is 0 Å². The summed E-state index contributed by atoms with van der Waals surface area (Å²) in [5.74, 6) is 1.85. The van der Waals surface area contributed by atoms with Crippen LogP contribution >= 0.6 is 0 Å². The van der Waals surface area contributed by atoms with Gasteiger partial charge in [-0.3, -0.25) is 5.10 Å². The number of ether oxygens (including phenoxy) is 1. The van der Waals surface area contributed by atoms with Gasteiger partial charge >= 0.3 is 0 Å². The van der Waals surface area contributed by atoms with E-state index in [9.17, 15) is 0 Å². The summed E-state index contributed by atoms with van der Waals surface area (Å²) >= 11 is 0. The normalized spacial score (nSPS) is 10.1. The van der Waals surface area contributed by atoms with Gasteiger partial charge in [0.1, 0.15) is 11.6 Å². The number of methoxy groups -OCH3 is 1. The second-order valence-corrected chi connectivity index (χ2v) is 3.50. The highest BCUT2D eigenvalue weighted by atomic mass is 16.5. The van der Waals surface area contributed by atoms with Crippen LogP contribution in [0.3, 0.4) is 0 Å². The third-order valence-corrected chi connectivity index (χ3v) is 2.36. The number of rotatable bonds is 5. The zero-order chi connectivity index (χ0) is 11.2. The molecular weight excluding hydrogens is 202 g/mol. The monoisotopic (exact) mass is 217 g/mol. The van der Waals surface area contributed by atoms with Gasteiger partial charge in [0, 0.05) is 6.54 Å². The van der Waals surface area contributed by atoms with E-state index in [1.807, 2.05) is 18.2 Å². The first-order valence-electron chi connectivity index (χ1n) is 5.24. The highest BCUT2D eigenvalue weighted by Crippen LogP contribution is 2.12. The van der Waals surface area contributed by atoms with Gasteiger partial charge in [-0.15, -0.1) is 0 Å². The van der Waals surface area contributed by atoms with Crippen LogP contribution in [0.15, 0.2) is 36.5 Å². The van der Waals surface area contributed by atoms with Crippen molar-refractivity contribution in [2.24, 2.45) is 0 Å². The Bertz CT molecular complexity index is 426. The van der Waals surface area contributed by atoms with Gasteiger partial charge < -0.3 is 10.1 Å². The molecule has 0 unspecified atom stereocenters. The summed E-state index contributed by atoms with van der Waals surface area (Å²) in [5.41, 5.74) is 1.26. The van der Waals surface area contributed by atoms with Crippen molar-refractivity contribution in [3.8, 4) is 5.75 Å². The van der Waals surface area contributed by atoms with Gasteiger partial charge in [-0.25, -0.2) is 0 Å². The number of aromatic nitrogens is 2. The van der Waals surface area contributed by atoms with Gasteiger partial charge in [-0.05, 0) is 30.2 Å². The Kier molecular flexibility index (Phi) is 3.43. The molecule has 0 saturated heterocycles. The van der Waals surface area contributed by atoms with Gasteiger partial charge in [0.2, 0.25) is 0 Å². The Hall–Kier alpha value is -1.97. The number of hydrogen-bond donors (Lipinski definition) is 2. The summed E-state index contributed by atoms with van der Waals surface area (Å²) in [5, 5.41) is 9.98. The second kappa shape index (κ2) is 5.21. The van der Waals surface area contributed by atoms with Crippen molar-refractivity contribution in [3.63, 3.8) is 0 Å². The number of aromatic amines is 1. The fraction of sp³-hybridized carbons (Fsp3) is 0.250. The molecule has 0 atom stereocenters. The Balaban J connectivity index is 1.85. The van der Waals surface area contributed by atoms with E-state index in [2.05, 4.69) is 27.6 Å². The number of nitrogens with zero attached hydrogens (tertiary/aromatic N) is 1. The predicted octanol–water partition coefficient (Wildman–Crippen LogP) is 2.07. The van der Waals surface area contributed by atoms with E-state index in [1.54, 1.807) is 13.3 Å². The molecule has 1 heterocycles. The molecule has 0 aliphatic carbocycles. The van der Waals surface area contributed by atoms with Crippen molar-refractivity contribution >= 4 is 5.82 Å². The summed E-state index contributed by atoms with van der Waals surface area (Å²) in [6.07, 6.45) is 2.68. The molecule has 1 aromatic carbocycles. The summed E-state index contributed by atoms with van der Waals surface area (Å²) in [6, 6.07) is 10.0.